The minimum absolute atomic E-state index is 0.180. The summed E-state index contributed by atoms with van der Waals surface area (Å²) >= 11 is 0. The molecule has 3 rings (SSSR count). The number of nitrogens with one attached hydrogen (secondary N) is 2. The fourth-order valence-corrected chi connectivity index (χ4v) is 2.01. The van der Waals surface area contributed by atoms with Crippen molar-refractivity contribution in [3.63, 3.8) is 0 Å². The van der Waals surface area contributed by atoms with Crippen LogP contribution in [0.2, 0.25) is 0 Å². The van der Waals surface area contributed by atoms with Gasteiger partial charge in [0.05, 0.1) is 0 Å². The highest BCUT2D eigenvalue weighted by atomic mass is 16.1. The number of rotatable bonds is 4. The SMILES string of the molecule is O=c1ccnc(Nc2ccc(Cc3cccnc3)cc2)[nH]1. The third kappa shape index (κ3) is 3.54. The van der Waals surface area contributed by atoms with Crippen LogP contribution in [0.1, 0.15) is 11.1 Å². The summed E-state index contributed by atoms with van der Waals surface area (Å²) in [5, 5.41) is 3.06. The van der Waals surface area contributed by atoms with Gasteiger partial charge < -0.3 is 5.32 Å². The quantitative estimate of drug-likeness (QED) is 0.769. The number of aromatic nitrogens is 3. The smallest absolute Gasteiger partial charge is 0.252 e. The molecule has 0 aliphatic heterocycles. The first-order chi connectivity index (χ1) is 10.3. The van der Waals surface area contributed by atoms with Crippen LogP contribution >= 0.6 is 0 Å². The number of aromatic amines is 1. The van der Waals surface area contributed by atoms with Crippen LogP contribution in [0.4, 0.5) is 11.6 Å². The number of hydrogen-bond acceptors (Lipinski definition) is 4. The number of hydrogen-bond donors (Lipinski definition) is 2. The molecule has 0 saturated heterocycles. The van der Waals surface area contributed by atoms with Crippen LogP contribution in [0.15, 0.2) is 65.8 Å². The van der Waals surface area contributed by atoms with Gasteiger partial charge in [-0.25, -0.2) is 4.98 Å². The van der Waals surface area contributed by atoms with Gasteiger partial charge in [-0.15, -0.1) is 0 Å². The molecule has 0 radical (unpaired) electrons. The van der Waals surface area contributed by atoms with Crippen molar-refractivity contribution in [1.29, 1.82) is 0 Å². The number of anilines is 2. The Labute approximate surface area is 121 Å². The first-order valence-corrected chi connectivity index (χ1v) is 6.60. The van der Waals surface area contributed by atoms with Crippen molar-refractivity contribution in [2.45, 2.75) is 6.42 Å². The zero-order chi connectivity index (χ0) is 14.5. The fourth-order valence-electron chi connectivity index (χ4n) is 2.01. The first kappa shape index (κ1) is 13.1. The molecule has 21 heavy (non-hydrogen) atoms. The van der Waals surface area contributed by atoms with Crippen molar-refractivity contribution in [2.75, 3.05) is 5.32 Å². The zero-order valence-electron chi connectivity index (χ0n) is 11.3. The largest absolute Gasteiger partial charge is 0.326 e. The summed E-state index contributed by atoms with van der Waals surface area (Å²) in [7, 11) is 0. The van der Waals surface area contributed by atoms with E-state index in [1.807, 2.05) is 36.5 Å². The molecule has 5 heteroatoms. The van der Waals surface area contributed by atoms with E-state index in [-0.39, 0.29) is 5.56 Å². The lowest BCUT2D eigenvalue weighted by atomic mass is 10.1. The molecule has 3 aromatic rings. The molecule has 0 unspecified atom stereocenters. The maximum Gasteiger partial charge on any atom is 0.252 e. The Morgan fingerprint density at radius 3 is 2.57 bits per heavy atom. The Kier molecular flexibility index (Phi) is 3.73. The van der Waals surface area contributed by atoms with E-state index in [0.717, 1.165) is 12.1 Å². The average molecular weight is 278 g/mol. The third-order valence-corrected chi connectivity index (χ3v) is 3.02. The van der Waals surface area contributed by atoms with Crippen LogP contribution < -0.4 is 10.9 Å². The predicted octanol–water partition coefficient (Wildman–Crippen LogP) is 2.50. The summed E-state index contributed by atoms with van der Waals surface area (Å²) in [6.45, 7) is 0. The first-order valence-electron chi connectivity index (χ1n) is 6.60. The molecule has 0 aliphatic rings. The highest BCUT2D eigenvalue weighted by Crippen LogP contribution is 2.15. The number of pyridine rings is 1. The molecule has 2 N–H and O–H groups in total. The molecule has 104 valence electrons. The molecular formula is C16H14N4O. The molecule has 0 aliphatic carbocycles. The van der Waals surface area contributed by atoms with E-state index in [1.54, 1.807) is 6.20 Å². The van der Waals surface area contributed by atoms with E-state index in [9.17, 15) is 4.79 Å². The molecule has 0 fully saturated rings. The second-order valence-electron chi connectivity index (χ2n) is 4.64. The van der Waals surface area contributed by atoms with Gasteiger partial charge in [0.15, 0.2) is 0 Å². The maximum atomic E-state index is 11.2. The van der Waals surface area contributed by atoms with E-state index >= 15 is 0 Å². The molecule has 0 spiro atoms. The third-order valence-electron chi connectivity index (χ3n) is 3.02. The second-order valence-corrected chi connectivity index (χ2v) is 4.64. The van der Waals surface area contributed by atoms with Crippen molar-refractivity contribution < 1.29 is 0 Å². The molecule has 0 amide bonds. The summed E-state index contributed by atoms with van der Waals surface area (Å²) in [5.41, 5.74) is 3.07. The van der Waals surface area contributed by atoms with Crippen molar-refractivity contribution in [3.05, 3.63) is 82.5 Å². The normalized spacial score (nSPS) is 10.3. The van der Waals surface area contributed by atoms with Gasteiger partial charge in [0, 0.05) is 30.3 Å². The molecule has 2 heterocycles. The minimum atomic E-state index is -0.180. The Balaban J connectivity index is 1.71. The highest BCUT2D eigenvalue weighted by Gasteiger charge is 1.99. The van der Waals surface area contributed by atoms with E-state index < -0.39 is 0 Å². The van der Waals surface area contributed by atoms with Crippen LogP contribution in [-0.2, 0) is 6.42 Å². The van der Waals surface area contributed by atoms with Crippen LogP contribution in [0, 0.1) is 0 Å². The molecular weight excluding hydrogens is 264 g/mol. The number of H-pyrrole nitrogens is 1. The summed E-state index contributed by atoms with van der Waals surface area (Å²) in [4.78, 5) is 22.0. The lowest BCUT2D eigenvalue weighted by Gasteiger charge is -2.06. The van der Waals surface area contributed by atoms with Gasteiger partial charge in [-0.05, 0) is 35.7 Å². The number of benzene rings is 1. The summed E-state index contributed by atoms with van der Waals surface area (Å²) < 4.78 is 0. The van der Waals surface area contributed by atoms with Gasteiger partial charge in [-0.3, -0.25) is 14.8 Å². The topological polar surface area (TPSA) is 70.7 Å². The maximum absolute atomic E-state index is 11.2. The lowest BCUT2D eigenvalue weighted by Crippen LogP contribution is -2.08. The molecule has 2 aromatic heterocycles. The highest BCUT2D eigenvalue weighted by molar-refractivity contribution is 5.53. The predicted molar refractivity (Wildman–Crippen MR) is 81.6 cm³/mol. The molecule has 5 nitrogen and oxygen atoms in total. The average Bonchev–Trinajstić information content (AvgIpc) is 2.50. The van der Waals surface area contributed by atoms with Crippen molar-refractivity contribution in [1.82, 2.24) is 15.0 Å². The minimum Gasteiger partial charge on any atom is -0.326 e. The van der Waals surface area contributed by atoms with Gasteiger partial charge >= 0.3 is 0 Å². The van der Waals surface area contributed by atoms with E-state index in [1.165, 1.54) is 23.4 Å². The van der Waals surface area contributed by atoms with Crippen molar-refractivity contribution in [3.8, 4) is 0 Å². The summed E-state index contributed by atoms with van der Waals surface area (Å²) in [6, 6.07) is 13.4. The molecule has 1 aromatic carbocycles. The fraction of sp³-hybridized carbons (Fsp3) is 0.0625. The molecule has 0 atom stereocenters. The van der Waals surface area contributed by atoms with Gasteiger partial charge in [0.25, 0.3) is 5.56 Å². The Hall–Kier alpha value is -2.95. The number of nitrogens with zero attached hydrogens (tertiary/aromatic N) is 2. The Bertz CT molecular complexity index is 766. The zero-order valence-corrected chi connectivity index (χ0v) is 11.3. The monoisotopic (exact) mass is 278 g/mol. The van der Waals surface area contributed by atoms with Crippen LogP contribution in [-0.4, -0.2) is 15.0 Å². The molecule has 0 saturated carbocycles. The van der Waals surface area contributed by atoms with Gasteiger partial charge in [-0.2, -0.15) is 0 Å². The van der Waals surface area contributed by atoms with E-state index in [4.69, 9.17) is 0 Å². The van der Waals surface area contributed by atoms with Gasteiger partial charge in [0.2, 0.25) is 5.95 Å². The van der Waals surface area contributed by atoms with Gasteiger partial charge in [0.1, 0.15) is 0 Å². The summed E-state index contributed by atoms with van der Waals surface area (Å²) in [6.07, 6.45) is 5.95. The van der Waals surface area contributed by atoms with Crippen molar-refractivity contribution in [2.24, 2.45) is 0 Å². The van der Waals surface area contributed by atoms with Crippen LogP contribution in [0.3, 0.4) is 0 Å². The van der Waals surface area contributed by atoms with Crippen LogP contribution in [0.25, 0.3) is 0 Å². The second kappa shape index (κ2) is 6.00. The van der Waals surface area contributed by atoms with E-state index in [2.05, 4.69) is 26.3 Å². The summed E-state index contributed by atoms with van der Waals surface area (Å²) in [5.74, 6) is 0.433. The van der Waals surface area contributed by atoms with Crippen LogP contribution in [0.5, 0.6) is 0 Å². The van der Waals surface area contributed by atoms with Gasteiger partial charge in [-0.1, -0.05) is 18.2 Å². The lowest BCUT2D eigenvalue weighted by molar-refractivity contribution is 1.12. The van der Waals surface area contributed by atoms with Crippen molar-refractivity contribution >= 4 is 11.6 Å². The Morgan fingerprint density at radius 2 is 1.86 bits per heavy atom. The molecule has 0 bridgehead atoms. The standard InChI is InChI=1S/C16H14N4O/c21-15-7-9-18-16(20-15)19-14-5-3-12(4-6-14)10-13-2-1-8-17-11-13/h1-9,11H,10H2,(H2,18,19,20,21). The Morgan fingerprint density at radius 1 is 1.00 bits per heavy atom. The van der Waals surface area contributed by atoms with E-state index in [0.29, 0.717) is 5.95 Å².